The summed E-state index contributed by atoms with van der Waals surface area (Å²) in [4.78, 5) is 23.2. The molecular formula is C16H26N4O4S. The Morgan fingerprint density at radius 1 is 1.12 bits per heavy atom. The van der Waals surface area contributed by atoms with Gasteiger partial charge in [0.05, 0.1) is 18.3 Å². The molecule has 8 nitrogen and oxygen atoms in total. The number of carbonyl (C=O) groups excluding carboxylic acids is 2. The predicted octanol–water partition coefficient (Wildman–Crippen LogP) is -0.678. The van der Waals surface area contributed by atoms with Gasteiger partial charge < -0.3 is 16.4 Å². The lowest BCUT2D eigenvalue weighted by Gasteiger charge is -2.15. The van der Waals surface area contributed by atoms with Crippen molar-refractivity contribution in [3.8, 4) is 0 Å². The van der Waals surface area contributed by atoms with E-state index >= 15 is 0 Å². The quantitative estimate of drug-likeness (QED) is 0.434. The van der Waals surface area contributed by atoms with Crippen LogP contribution in [0, 0.1) is 5.92 Å². The van der Waals surface area contributed by atoms with Crippen LogP contribution in [0.25, 0.3) is 0 Å². The molecule has 1 aromatic rings. The minimum absolute atomic E-state index is 0.0381. The Labute approximate surface area is 148 Å². The summed E-state index contributed by atoms with van der Waals surface area (Å²) < 4.78 is 26.2. The highest BCUT2D eigenvalue weighted by Crippen LogP contribution is 1.99. The lowest BCUT2D eigenvalue weighted by atomic mass is 10.1. The van der Waals surface area contributed by atoms with Gasteiger partial charge in [-0.3, -0.25) is 9.59 Å². The van der Waals surface area contributed by atoms with Gasteiger partial charge in [0.2, 0.25) is 21.8 Å². The maximum absolute atomic E-state index is 11.9. The number of nitrogens with two attached hydrogens (primary N) is 1. The molecule has 0 spiro atoms. The van der Waals surface area contributed by atoms with Crippen LogP contribution < -0.4 is 21.1 Å². The number of amides is 2. The number of rotatable bonds is 10. The first-order valence-electron chi connectivity index (χ1n) is 8.02. The third kappa shape index (κ3) is 8.62. The molecule has 9 heteroatoms. The van der Waals surface area contributed by atoms with Crippen molar-refractivity contribution in [2.24, 2.45) is 11.7 Å². The van der Waals surface area contributed by atoms with Gasteiger partial charge >= 0.3 is 0 Å². The van der Waals surface area contributed by atoms with Gasteiger partial charge in [0.1, 0.15) is 0 Å². The molecule has 0 aromatic heterocycles. The summed E-state index contributed by atoms with van der Waals surface area (Å²) in [5.74, 6) is -1.17. The van der Waals surface area contributed by atoms with E-state index in [4.69, 9.17) is 5.73 Å². The molecule has 25 heavy (non-hydrogen) atoms. The maximum Gasteiger partial charge on any atom is 0.239 e. The van der Waals surface area contributed by atoms with E-state index in [-0.39, 0.29) is 31.3 Å². The van der Waals surface area contributed by atoms with Gasteiger partial charge in [0.15, 0.2) is 0 Å². The van der Waals surface area contributed by atoms with Crippen LogP contribution in [0.1, 0.15) is 19.4 Å². The van der Waals surface area contributed by atoms with Crippen molar-refractivity contribution in [2.75, 3.05) is 18.8 Å². The van der Waals surface area contributed by atoms with E-state index in [0.717, 1.165) is 5.56 Å². The number of hydrogen-bond donors (Lipinski definition) is 4. The van der Waals surface area contributed by atoms with Gasteiger partial charge in [-0.05, 0) is 11.5 Å². The molecule has 0 aliphatic heterocycles. The second-order valence-corrected chi connectivity index (χ2v) is 7.89. The van der Waals surface area contributed by atoms with Crippen LogP contribution in [0.2, 0.25) is 0 Å². The van der Waals surface area contributed by atoms with Gasteiger partial charge in [-0.25, -0.2) is 13.1 Å². The minimum Gasteiger partial charge on any atom is -0.353 e. The summed E-state index contributed by atoms with van der Waals surface area (Å²) in [5, 5.41) is 4.86. The second-order valence-electron chi connectivity index (χ2n) is 5.96. The summed E-state index contributed by atoms with van der Waals surface area (Å²) in [6.45, 7) is 3.52. The van der Waals surface area contributed by atoms with Crippen molar-refractivity contribution in [3.63, 3.8) is 0 Å². The fourth-order valence-corrected chi connectivity index (χ4v) is 2.74. The summed E-state index contributed by atoms with van der Waals surface area (Å²) >= 11 is 0. The van der Waals surface area contributed by atoms with Gasteiger partial charge in [-0.1, -0.05) is 44.2 Å². The summed E-state index contributed by atoms with van der Waals surface area (Å²) in [6.07, 6.45) is 0. The molecular weight excluding hydrogens is 344 g/mol. The second kappa shape index (κ2) is 10.1. The van der Waals surface area contributed by atoms with Crippen molar-refractivity contribution < 1.29 is 18.0 Å². The first-order chi connectivity index (χ1) is 11.7. The smallest absolute Gasteiger partial charge is 0.239 e. The summed E-state index contributed by atoms with van der Waals surface area (Å²) in [7, 11) is -3.50. The Hall–Kier alpha value is -1.97. The van der Waals surface area contributed by atoms with Crippen molar-refractivity contribution in [3.05, 3.63) is 35.9 Å². The van der Waals surface area contributed by atoms with Gasteiger partial charge in [0, 0.05) is 13.1 Å². The molecule has 1 rings (SSSR count). The van der Waals surface area contributed by atoms with E-state index < -0.39 is 27.9 Å². The molecule has 0 saturated heterocycles. The fraction of sp³-hybridized carbons (Fsp3) is 0.500. The molecule has 5 N–H and O–H groups in total. The maximum atomic E-state index is 11.9. The molecule has 0 unspecified atom stereocenters. The molecule has 0 saturated carbocycles. The standard InChI is InChI=1S/C16H26N4O4S/c1-12(2)15(17)16(22)19-11-14(21)18-8-9-25(23,24)20-10-13-6-4-3-5-7-13/h3-7,12,15,20H,8-11,17H2,1-2H3,(H,18,21)(H,19,22)/t15-/m0/s1. The number of benzene rings is 1. The Kier molecular flexibility index (Phi) is 8.53. The highest BCUT2D eigenvalue weighted by molar-refractivity contribution is 7.89. The van der Waals surface area contributed by atoms with Crippen molar-refractivity contribution in [1.82, 2.24) is 15.4 Å². The highest BCUT2D eigenvalue weighted by atomic mass is 32.2. The van der Waals surface area contributed by atoms with E-state index in [1.807, 2.05) is 30.3 Å². The number of hydrogen-bond acceptors (Lipinski definition) is 5. The lowest BCUT2D eigenvalue weighted by Crippen LogP contribution is -2.47. The van der Waals surface area contributed by atoms with Crippen LogP contribution in [0.3, 0.4) is 0 Å². The zero-order valence-electron chi connectivity index (χ0n) is 14.5. The minimum atomic E-state index is -3.50. The molecule has 0 bridgehead atoms. The molecule has 0 heterocycles. The number of nitrogens with one attached hydrogen (secondary N) is 3. The van der Waals surface area contributed by atoms with E-state index in [2.05, 4.69) is 15.4 Å². The van der Waals surface area contributed by atoms with E-state index in [9.17, 15) is 18.0 Å². The molecule has 1 atom stereocenters. The van der Waals surface area contributed by atoms with Crippen LogP contribution in [0.5, 0.6) is 0 Å². The molecule has 1 aromatic carbocycles. The molecule has 0 radical (unpaired) electrons. The van der Waals surface area contributed by atoms with E-state index in [0.29, 0.717) is 0 Å². The first-order valence-corrected chi connectivity index (χ1v) is 9.68. The van der Waals surface area contributed by atoms with Crippen LogP contribution >= 0.6 is 0 Å². The highest BCUT2D eigenvalue weighted by Gasteiger charge is 2.17. The summed E-state index contributed by atoms with van der Waals surface area (Å²) in [6, 6.07) is 8.44. The molecule has 0 aliphatic carbocycles. The average Bonchev–Trinajstić information content (AvgIpc) is 2.58. The Balaban J connectivity index is 2.26. The molecule has 0 aliphatic rings. The third-order valence-electron chi connectivity index (χ3n) is 3.48. The van der Waals surface area contributed by atoms with Gasteiger partial charge in [-0.15, -0.1) is 0 Å². The summed E-state index contributed by atoms with van der Waals surface area (Å²) in [5.41, 5.74) is 6.50. The molecule has 0 fully saturated rings. The fourth-order valence-electron chi connectivity index (χ4n) is 1.84. The van der Waals surface area contributed by atoms with E-state index in [1.165, 1.54) is 0 Å². The SMILES string of the molecule is CC(C)[C@H](N)C(=O)NCC(=O)NCCS(=O)(=O)NCc1ccccc1. The molecule has 140 valence electrons. The van der Waals surface area contributed by atoms with Crippen molar-refractivity contribution >= 4 is 21.8 Å². The predicted molar refractivity (Wildman–Crippen MR) is 95.9 cm³/mol. The Morgan fingerprint density at radius 3 is 2.36 bits per heavy atom. The average molecular weight is 370 g/mol. The lowest BCUT2D eigenvalue weighted by molar-refractivity contribution is -0.127. The zero-order valence-corrected chi connectivity index (χ0v) is 15.3. The number of sulfonamides is 1. The Morgan fingerprint density at radius 2 is 1.76 bits per heavy atom. The number of carbonyl (C=O) groups is 2. The van der Waals surface area contributed by atoms with Crippen LogP contribution in [0.15, 0.2) is 30.3 Å². The van der Waals surface area contributed by atoms with Crippen LogP contribution in [-0.2, 0) is 26.2 Å². The van der Waals surface area contributed by atoms with Crippen molar-refractivity contribution in [1.29, 1.82) is 0 Å². The first kappa shape index (κ1) is 21.1. The largest absolute Gasteiger partial charge is 0.353 e. The van der Waals surface area contributed by atoms with Gasteiger partial charge in [-0.2, -0.15) is 0 Å². The van der Waals surface area contributed by atoms with E-state index in [1.54, 1.807) is 13.8 Å². The monoisotopic (exact) mass is 370 g/mol. The third-order valence-corrected chi connectivity index (χ3v) is 4.80. The topological polar surface area (TPSA) is 130 Å². The van der Waals surface area contributed by atoms with Gasteiger partial charge in [0.25, 0.3) is 0 Å². The van der Waals surface area contributed by atoms with Crippen molar-refractivity contribution in [2.45, 2.75) is 26.4 Å². The van der Waals surface area contributed by atoms with Crippen LogP contribution in [-0.4, -0.2) is 45.1 Å². The Bertz CT molecular complexity index is 662. The zero-order chi connectivity index (χ0) is 18.9. The molecule has 2 amide bonds. The van der Waals surface area contributed by atoms with Crippen LogP contribution in [0.4, 0.5) is 0 Å². The normalized spacial score (nSPS) is 12.6.